The van der Waals surface area contributed by atoms with Gasteiger partial charge in [-0.15, -0.1) is 0 Å². The van der Waals surface area contributed by atoms with Gasteiger partial charge in [-0.2, -0.15) is 0 Å². The number of aromatic nitrogens is 1. The highest BCUT2D eigenvalue weighted by atomic mass is 35.5. The smallest absolute Gasteiger partial charge is 0.270 e. The number of piperidine rings is 1. The van der Waals surface area contributed by atoms with Crippen LogP contribution in [0.5, 0.6) is 5.75 Å². The number of rotatable bonds is 7. The molecule has 1 aromatic carbocycles. The predicted molar refractivity (Wildman–Crippen MR) is 124 cm³/mol. The van der Waals surface area contributed by atoms with Crippen LogP contribution in [0.3, 0.4) is 0 Å². The third kappa shape index (κ3) is 6.07. The van der Waals surface area contributed by atoms with Crippen molar-refractivity contribution in [1.82, 2.24) is 15.2 Å². The molecule has 2 aromatic rings. The van der Waals surface area contributed by atoms with Crippen molar-refractivity contribution in [2.24, 2.45) is 5.73 Å². The number of ether oxygens (including phenoxy) is 1. The molecular formula is C23H26ClN5O3. The van der Waals surface area contributed by atoms with Gasteiger partial charge in [-0.1, -0.05) is 23.7 Å². The summed E-state index contributed by atoms with van der Waals surface area (Å²) in [7, 11) is 0. The van der Waals surface area contributed by atoms with Crippen LogP contribution in [0, 0.1) is 5.41 Å². The van der Waals surface area contributed by atoms with Crippen LogP contribution in [-0.4, -0.2) is 47.1 Å². The summed E-state index contributed by atoms with van der Waals surface area (Å²) >= 11 is 5.89. The molecule has 0 atom stereocenters. The van der Waals surface area contributed by atoms with Gasteiger partial charge in [0.2, 0.25) is 5.91 Å². The average Bonchev–Trinajstić information content (AvgIpc) is 2.79. The summed E-state index contributed by atoms with van der Waals surface area (Å²) in [5, 5.41) is 10.7. The number of nitrogens with zero attached hydrogens (tertiary/aromatic N) is 2. The van der Waals surface area contributed by atoms with E-state index in [0.717, 1.165) is 11.8 Å². The van der Waals surface area contributed by atoms with Crippen molar-refractivity contribution in [3.05, 3.63) is 64.4 Å². The summed E-state index contributed by atoms with van der Waals surface area (Å²) in [4.78, 5) is 30.3. The fourth-order valence-electron chi connectivity index (χ4n) is 3.40. The number of pyridine rings is 1. The monoisotopic (exact) mass is 455 g/mol. The van der Waals surface area contributed by atoms with Gasteiger partial charge in [0.25, 0.3) is 5.91 Å². The minimum atomic E-state index is -0.350. The number of hydrogen-bond donors (Lipinski definition) is 3. The Morgan fingerprint density at radius 1 is 1.31 bits per heavy atom. The fraction of sp³-hybridized carbons (Fsp3) is 0.304. The normalized spacial score (nSPS) is 14.7. The molecule has 1 aliphatic heterocycles. The quantitative estimate of drug-likeness (QED) is 0.554. The Balaban J connectivity index is 1.75. The number of allylic oxidation sites excluding steroid dienone is 1. The van der Waals surface area contributed by atoms with E-state index in [0.29, 0.717) is 54.5 Å². The van der Waals surface area contributed by atoms with E-state index in [9.17, 15) is 9.59 Å². The molecule has 168 valence electrons. The average molecular weight is 456 g/mol. The Morgan fingerprint density at radius 3 is 2.62 bits per heavy atom. The summed E-state index contributed by atoms with van der Waals surface area (Å²) in [6.45, 7) is 3.11. The van der Waals surface area contributed by atoms with E-state index in [-0.39, 0.29) is 23.6 Å². The number of nitrogens with two attached hydrogens (primary N) is 1. The molecule has 0 spiro atoms. The lowest BCUT2D eigenvalue weighted by Gasteiger charge is -2.32. The van der Waals surface area contributed by atoms with Crippen molar-refractivity contribution < 1.29 is 14.3 Å². The molecule has 32 heavy (non-hydrogen) atoms. The topological polar surface area (TPSA) is 121 Å². The van der Waals surface area contributed by atoms with Crippen molar-refractivity contribution in [3.8, 4) is 5.75 Å². The molecule has 1 saturated heterocycles. The SMILES string of the molecule is CC(=O)N1CCC(Oc2cc(C(=O)NCc3ccc(Cl)cc3)ncc2/C(N)=C/C=N)CC1. The van der Waals surface area contributed by atoms with Gasteiger partial charge in [0.05, 0.1) is 5.56 Å². The number of carbonyl (C=O) groups excluding carboxylic acids is 2. The van der Waals surface area contributed by atoms with E-state index in [2.05, 4.69) is 10.3 Å². The van der Waals surface area contributed by atoms with Crippen molar-refractivity contribution in [2.75, 3.05) is 13.1 Å². The van der Waals surface area contributed by atoms with Crippen molar-refractivity contribution in [3.63, 3.8) is 0 Å². The van der Waals surface area contributed by atoms with Crippen LogP contribution in [0.1, 0.15) is 41.4 Å². The van der Waals surface area contributed by atoms with E-state index < -0.39 is 0 Å². The first-order valence-electron chi connectivity index (χ1n) is 10.3. The zero-order chi connectivity index (χ0) is 23.1. The van der Waals surface area contributed by atoms with Gasteiger partial charge >= 0.3 is 0 Å². The number of benzene rings is 1. The molecule has 0 aliphatic carbocycles. The van der Waals surface area contributed by atoms with Crippen LogP contribution in [0.25, 0.3) is 5.70 Å². The zero-order valence-electron chi connectivity index (χ0n) is 17.8. The Bertz CT molecular complexity index is 1010. The van der Waals surface area contributed by atoms with E-state index in [4.69, 9.17) is 27.5 Å². The Labute approximate surface area is 191 Å². The van der Waals surface area contributed by atoms with Gasteiger partial charge in [-0.25, -0.2) is 0 Å². The van der Waals surface area contributed by atoms with E-state index in [1.807, 2.05) is 12.1 Å². The van der Waals surface area contributed by atoms with Gasteiger partial charge in [-0.3, -0.25) is 14.6 Å². The molecule has 4 N–H and O–H groups in total. The van der Waals surface area contributed by atoms with Crippen LogP contribution >= 0.6 is 11.6 Å². The maximum Gasteiger partial charge on any atom is 0.270 e. The molecule has 1 fully saturated rings. The second-order valence-electron chi connectivity index (χ2n) is 7.49. The first-order valence-corrected chi connectivity index (χ1v) is 10.7. The predicted octanol–water partition coefficient (Wildman–Crippen LogP) is 3.00. The van der Waals surface area contributed by atoms with Gasteiger partial charge in [0, 0.05) is 68.6 Å². The fourth-order valence-corrected chi connectivity index (χ4v) is 3.52. The van der Waals surface area contributed by atoms with Crippen LogP contribution < -0.4 is 15.8 Å². The zero-order valence-corrected chi connectivity index (χ0v) is 18.6. The highest BCUT2D eigenvalue weighted by Gasteiger charge is 2.24. The van der Waals surface area contributed by atoms with Gasteiger partial charge in [0.1, 0.15) is 17.5 Å². The van der Waals surface area contributed by atoms with E-state index in [1.54, 1.807) is 30.0 Å². The highest BCUT2D eigenvalue weighted by molar-refractivity contribution is 6.30. The third-order valence-electron chi connectivity index (χ3n) is 5.22. The van der Waals surface area contributed by atoms with Gasteiger partial charge in [-0.05, 0) is 23.8 Å². The van der Waals surface area contributed by atoms with Crippen LogP contribution in [0.4, 0.5) is 0 Å². The molecule has 8 nitrogen and oxygen atoms in total. The number of nitrogens with one attached hydrogen (secondary N) is 2. The van der Waals surface area contributed by atoms with Crippen molar-refractivity contribution in [1.29, 1.82) is 5.41 Å². The van der Waals surface area contributed by atoms with Crippen LogP contribution in [0.15, 0.2) is 42.6 Å². The van der Waals surface area contributed by atoms with Crippen molar-refractivity contribution in [2.45, 2.75) is 32.4 Å². The second-order valence-corrected chi connectivity index (χ2v) is 7.92. The molecule has 1 aromatic heterocycles. The molecule has 3 rings (SSSR count). The Morgan fingerprint density at radius 2 is 2.00 bits per heavy atom. The number of halogens is 1. The summed E-state index contributed by atoms with van der Waals surface area (Å²) in [5.74, 6) is 0.122. The lowest BCUT2D eigenvalue weighted by Crippen LogP contribution is -2.40. The molecule has 2 heterocycles. The minimum Gasteiger partial charge on any atom is -0.489 e. The summed E-state index contributed by atoms with van der Waals surface area (Å²) < 4.78 is 6.18. The number of amides is 2. The molecular weight excluding hydrogens is 430 g/mol. The number of likely N-dealkylation sites (tertiary alicyclic amines) is 1. The first-order chi connectivity index (χ1) is 15.4. The van der Waals surface area contributed by atoms with Crippen LogP contribution in [-0.2, 0) is 11.3 Å². The third-order valence-corrected chi connectivity index (χ3v) is 5.47. The molecule has 0 unspecified atom stereocenters. The largest absolute Gasteiger partial charge is 0.489 e. The molecule has 0 radical (unpaired) electrons. The Kier molecular flexibility index (Phi) is 7.83. The minimum absolute atomic E-state index is 0.0471. The van der Waals surface area contributed by atoms with E-state index >= 15 is 0 Å². The standard InChI is InChI=1S/C23H26ClN5O3/c1-15(30)29-10-7-18(8-11-29)32-22-12-21(27-14-19(22)20(26)6-9-25)23(31)28-13-16-2-4-17(24)5-3-16/h2-6,9,12,14,18,25H,7-8,10-11,13,26H2,1H3,(H,28,31)/b20-6-,25-9?. The highest BCUT2D eigenvalue weighted by Crippen LogP contribution is 2.27. The molecule has 1 aliphatic rings. The number of hydrogen-bond acceptors (Lipinski definition) is 6. The van der Waals surface area contributed by atoms with Crippen LogP contribution in [0.2, 0.25) is 5.02 Å². The van der Waals surface area contributed by atoms with E-state index in [1.165, 1.54) is 12.3 Å². The lowest BCUT2D eigenvalue weighted by molar-refractivity contribution is -0.130. The second kappa shape index (κ2) is 10.8. The van der Waals surface area contributed by atoms with Crippen molar-refractivity contribution >= 4 is 35.3 Å². The summed E-state index contributed by atoms with van der Waals surface area (Å²) in [6, 6.07) is 8.76. The maximum absolute atomic E-state index is 12.7. The summed E-state index contributed by atoms with van der Waals surface area (Å²) in [6.07, 6.45) is 5.22. The molecule has 0 saturated carbocycles. The van der Waals surface area contributed by atoms with Gasteiger partial charge in [0.15, 0.2) is 0 Å². The molecule has 0 bridgehead atoms. The first kappa shape index (κ1) is 23.3. The summed E-state index contributed by atoms with van der Waals surface area (Å²) in [5.41, 5.74) is 8.00. The molecule has 2 amide bonds. The molecule has 9 heteroatoms. The number of carbonyl (C=O) groups is 2. The maximum atomic E-state index is 12.7. The Hall–Kier alpha value is -3.39. The lowest BCUT2D eigenvalue weighted by atomic mass is 10.1. The van der Waals surface area contributed by atoms with Gasteiger partial charge < -0.3 is 26.1 Å².